The van der Waals surface area contributed by atoms with E-state index in [4.69, 9.17) is 9.72 Å². The van der Waals surface area contributed by atoms with Crippen LogP contribution < -0.4 is 4.90 Å². The molecule has 0 spiro atoms. The number of hydrogen-bond donors (Lipinski definition) is 0. The Morgan fingerprint density at radius 3 is 2.40 bits per heavy atom. The Morgan fingerprint density at radius 2 is 1.74 bits per heavy atom. The number of nitrogens with zero attached hydrogens (tertiary/aromatic N) is 3. The molecule has 5 nitrogen and oxygen atoms in total. The van der Waals surface area contributed by atoms with E-state index in [1.165, 1.54) is 12.1 Å². The van der Waals surface area contributed by atoms with E-state index in [-0.39, 0.29) is 12.1 Å². The zero-order valence-electron chi connectivity index (χ0n) is 22.2. The summed E-state index contributed by atoms with van der Waals surface area (Å²) >= 11 is 0. The molecule has 2 unspecified atom stereocenters. The van der Waals surface area contributed by atoms with E-state index < -0.39 is 6.04 Å². The van der Waals surface area contributed by atoms with Crippen molar-refractivity contribution >= 4 is 22.7 Å². The summed E-state index contributed by atoms with van der Waals surface area (Å²) in [5.74, 6) is 2.16. The molecular formula is C30H41N3O2. The molecule has 2 aromatic carbocycles. The van der Waals surface area contributed by atoms with Crippen molar-refractivity contribution in [1.82, 2.24) is 9.55 Å². The lowest BCUT2D eigenvalue weighted by Crippen LogP contribution is -2.37. The lowest BCUT2D eigenvalue weighted by Gasteiger charge is -2.37. The number of ether oxygens (including phenoxy) is 1. The number of benzene rings is 2. The molecule has 1 saturated carbocycles. The molecule has 5 heteroatoms. The fourth-order valence-electron chi connectivity index (χ4n) is 5.65. The van der Waals surface area contributed by atoms with Crippen molar-refractivity contribution in [3.05, 3.63) is 48.5 Å². The SMILES string of the molecule is CCN(CC)c1ccc(-c2nc3ccccc3n2[C@H](C)C(=O)O[C@@H]2CC(C)CCC2C(C)C)cc1. The van der Waals surface area contributed by atoms with Gasteiger partial charge in [0.15, 0.2) is 0 Å². The molecule has 4 rings (SSSR count). The topological polar surface area (TPSA) is 47.4 Å². The van der Waals surface area contributed by atoms with Gasteiger partial charge < -0.3 is 14.2 Å². The molecule has 0 radical (unpaired) electrons. The van der Waals surface area contributed by atoms with Gasteiger partial charge >= 0.3 is 5.97 Å². The second kappa shape index (κ2) is 10.8. The molecular weight excluding hydrogens is 434 g/mol. The van der Waals surface area contributed by atoms with Crippen LogP contribution >= 0.6 is 0 Å². The molecule has 1 fully saturated rings. The maximum absolute atomic E-state index is 13.6. The molecule has 188 valence electrons. The Hall–Kier alpha value is -2.82. The number of carbonyl (C=O) groups is 1. The summed E-state index contributed by atoms with van der Waals surface area (Å²) in [5.41, 5.74) is 4.04. The van der Waals surface area contributed by atoms with Gasteiger partial charge in [-0.1, -0.05) is 39.3 Å². The number of rotatable bonds is 8. The fraction of sp³-hybridized carbons (Fsp3) is 0.533. The van der Waals surface area contributed by atoms with Crippen LogP contribution in [-0.2, 0) is 9.53 Å². The monoisotopic (exact) mass is 475 g/mol. The van der Waals surface area contributed by atoms with Crippen LogP contribution in [0.5, 0.6) is 0 Å². The van der Waals surface area contributed by atoms with Crippen molar-refractivity contribution in [2.24, 2.45) is 17.8 Å². The van der Waals surface area contributed by atoms with E-state index in [1.807, 2.05) is 31.2 Å². The first-order valence-electron chi connectivity index (χ1n) is 13.4. The van der Waals surface area contributed by atoms with Crippen molar-refractivity contribution in [3.63, 3.8) is 0 Å². The average Bonchev–Trinajstić information content (AvgIpc) is 3.24. The largest absolute Gasteiger partial charge is 0.461 e. The Balaban J connectivity index is 1.66. The maximum atomic E-state index is 13.6. The van der Waals surface area contributed by atoms with Crippen LogP contribution in [0.2, 0.25) is 0 Å². The lowest BCUT2D eigenvalue weighted by atomic mass is 9.75. The van der Waals surface area contributed by atoms with Crippen LogP contribution in [0.25, 0.3) is 22.4 Å². The molecule has 0 amide bonds. The molecule has 35 heavy (non-hydrogen) atoms. The number of carbonyl (C=O) groups excluding carboxylic acids is 1. The van der Waals surface area contributed by atoms with Gasteiger partial charge in [-0.15, -0.1) is 0 Å². The van der Waals surface area contributed by atoms with Crippen molar-refractivity contribution < 1.29 is 9.53 Å². The highest BCUT2D eigenvalue weighted by molar-refractivity contribution is 5.85. The third-order valence-electron chi connectivity index (χ3n) is 7.81. The Labute approximate surface area is 210 Å². The van der Waals surface area contributed by atoms with Gasteiger partial charge in [0.1, 0.15) is 18.0 Å². The number of hydrogen-bond acceptors (Lipinski definition) is 4. The summed E-state index contributed by atoms with van der Waals surface area (Å²) in [6, 6.07) is 16.1. The van der Waals surface area contributed by atoms with Gasteiger partial charge in [-0.05, 0) is 87.8 Å². The molecule has 4 atom stereocenters. The second-order valence-electron chi connectivity index (χ2n) is 10.5. The lowest BCUT2D eigenvalue weighted by molar-refractivity contribution is -0.159. The molecule has 0 aliphatic heterocycles. The van der Waals surface area contributed by atoms with E-state index in [1.54, 1.807) is 0 Å². The first-order valence-corrected chi connectivity index (χ1v) is 13.4. The standard InChI is InChI=1S/C30H41N3O2/c1-7-32(8-2)24-16-14-23(15-17-24)29-31-26-11-9-10-12-27(26)33(29)22(6)30(34)35-28-19-21(5)13-18-25(28)20(3)4/h9-12,14-17,20-22,25,28H,7-8,13,18-19H2,1-6H3/t21?,22-,25?,28-/m1/s1. The van der Waals surface area contributed by atoms with Crippen LogP contribution in [0.1, 0.15) is 66.8 Å². The summed E-state index contributed by atoms with van der Waals surface area (Å²) in [5, 5.41) is 0. The smallest absolute Gasteiger partial charge is 0.329 e. The van der Waals surface area contributed by atoms with Crippen LogP contribution in [0.4, 0.5) is 5.69 Å². The number of imidazole rings is 1. The quantitative estimate of drug-likeness (QED) is 0.326. The Kier molecular flexibility index (Phi) is 7.83. The Bertz CT molecular complexity index is 1130. The number of anilines is 1. The zero-order valence-corrected chi connectivity index (χ0v) is 22.2. The summed E-state index contributed by atoms with van der Waals surface area (Å²) in [6.45, 7) is 15.0. The van der Waals surface area contributed by atoms with Gasteiger partial charge in [-0.25, -0.2) is 9.78 Å². The summed E-state index contributed by atoms with van der Waals surface area (Å²) < 4.78 is 8.30. The van der Waals surface area contributed by atoms with E-state index in [0.29, 0.717) is 17.8 Å². The van der Waals surface area contributed by atoms with E-state index in [2.05, 4.69) is 68.4 Å². The number of para-hydroxylation sites is 2. The molecule has 1 aromatic heterocycles. The minimum absolute atomic E-state index is 0.0136. The summed E-state index contributed by atoms with van der Waals surface area (Å²) in [6.07, 6.45) is 3.28. The summed E-state index contributed by atoms with van der Waals surface area (Å²) in [7, 11) is 0. The van der Waals surface area contributed by atoms with Crippen molar-refractivity contribution in [2.75, 3.05) is 18.0 Å². The third kappa shape index (κ3) is 5.24. The highest BCUT2D eigenvalue weighted by Gasteiger charge is 2.35. The molecule has 3 aromatic rings. The number of esters is 1. The van der Waals surface area contributed by atoms with Crippen LogP contribution in [0.15, 0.2) is 48.5 Å². The van der Waals surface area contributed by atoms with Gasteiger partial charge in [-0.3, -0.25) is 0 Å². The average molecular weight is 476 g/mol. The molecule has 0 saturated heterocycles. The highest BCUT2D eigenvalue weighted by atomic mass is 16.5. The van der Waals surface area contributed by atoms with Gasteiger partial charge in [0, 0.05) is 24.3 Å². The van der Waals surface area contributed by atoms with Gasteiger partial charge in [0.2, 0.25) is 0 Å². The third-order valence-corrected chi connectivity index (χ3v) is 7.81. The van der Waals surface area contributed by atoms with Crippen LogP contribution in [0, 0.1) is 17.8 Å². The van der Waals surface area contributed by atoms with Crippen molar-refractivity contribution in [2.45, 2.75) is 73.0 Å². The Morgan fingerprint density at radius 1 is 1.06 bits per heavy atom. The second-order valence-corrected chi connectivity index (χ2v) is 10.5. The molecule has 0 N–H and O–H groups in total. The molecule has 1 heterocycles. The normalized spacial score (nSPS) is 21.3. The first-order chi connectivity index (χ1) is 16.8. The number of aromatic nitrogens is 2. The van der Waals surface area contributed by atoms with E-state index in [9.17, 15) is 4.79 Å². The van der Waals surface area contributed by atoms with Crippen LogP contribution in [-0.4, -0.2) is 34.7 Å². The number of fused-ring (bicyclic) bond motifs is 1. The van der Waals surface area contributed by atoms with E-state index in [0.717, 1.165) is 48.4 Å². The van der Waals surface area contributed by atoms with Crippen LogP contribution in [0.3, 0.4) is 0 Å². The minimum Gasteiger partial charge on any atom is -0.461 e. The maximum Gasteiger partial charge on any atom is 0.329 e. The fourth-order valence-corrected chi connectivity index (χ4v) is 5.65. The zero-order chi connectivity index (χ0) is 25.1. The first kappa shape index (κ1) is 25.3. The van der Waals surface area contributed by atoms with Crippen molar-refractivity contribution in [1.29, 1.82) is 0 Å². The minimum atomic E-state index is -0.468. The molecule has 1 aliphatic carbocycles. The summed E-state index contributed by atoms with van der Waals surface area (Å²) in [4.78, 5) is 20.8. The van der Waals surface area contributed by atoms with Gasteiger partial charge in [-0.2, -0.15) is 0 Å². The van der Waals surface area contributed by atoms with Gasteiger partial charge in [0.25, 0.3) is 0 Å². The van der Waals surface area contributed by atoms with Gasteiger partial charge in [0.05, 0.1) is 11.0 Å². The molecule has 0 bridgehead atoms. The predicted octanol–water partition coefficient (Wildman–Crippen LogP) is 7.11. The highest BCUT2D eigenvalue weighted by Crippen LogP contribution is 2.37. The van der Waals surface area contributed by atoms with E-state index >= 15 is 0 Å². The van der Waals surface area contributed by atoms with Crippen molar-refractivity contribution in [3.8, 4) is 11.4 Å². The molecule has 1 aliphatic rings. The predicted molar refractivity (Wildman–Crippen MR) is 145 cm³/mol.